The van der Waals surface area contributed by atoms with Crippen molar-refractivity contribution in [1.29, 1.82) is 0 Å². The van der Waals surface area contributed by atoms with Gasteiger partial charge < -0.3 is 14.6 Å². The van der Waals surface area contributed by atoms with Crippen LogP contribution in [0.1, 0.15) is 43.7 Å². The Hall–Kier alpha value is -2.36. The molecule has 3 rings (SSSR count). The van der Waals surface area contributed by atoms with Crippen molar-refractivity contribution >= 4 is 62.2 Å². The maximum absolute atomic E-state index is 12.9. The lowest BCUT2D eigenvalue weighted by Crippen LogP contribution is -2.29. The highest BCUT2D eigenvalue weighted by Crippen LogP contribution is 2.35. The fourth-order valence-electron chi connectivity index (χ4n) is 3.36. The summed E-state index contributed by atoms with van der Waals surface area (Å²) in [6, 6.07) is 13.5. The molecule has 0 unspecified atom stereocenters. The number of carbonyl (C=O) groups excluding carboxylic acids is 1. The van der Waals surface area contributed by atoms with Crippen molar-refractivity contribution in [1.82, 2.24) is 4.90 Å². The average Bonchev–Trinajstić information content (AvgIpc) is 3.05. The van der Waals surface area contributed by atoms with Crippen LogP contribution >= 0.6 is 39.9 Å². The molecule has 1 N–H and O–H groups in total. The summed E-state index contributed by atoms with van der Waals surface area (Å²) in [6.45, 7) is 3.30. The maximum Gasteiger partial charge on any atom is 0.303 e. The van der Waals surface area contributed by atoms with Gasteiger partial charge in [-0.3, -0.25) is 14.5 Å². The summed E-state index contributed by atoms with van der Waals surface area (Å²) in [5, 5.41) is 8.73. The molecular weight excluding hydrogens is 538 g/mol. The van der Waals surface area contributed by atoms with E-state index in [0.717, 1.165) is 22.0 Å². The molecule has 2 aromatic rings. The smallest absolute Gasteiger partial charge is 0.303 e. The van der Waals surface area contributed by atoms with Crippen LogP contribution in [0.5, 0.6) is 11.5 Å². The van der Waals surface area contributed by atoms with Crippen molar-refractivity contribution in [2.24, 2.45) is 0 Å². The predicted octanol–water partition coefficient (Wildman–Crippen LogP) is 6.27. The van der Waals surface area contributed by atoms with Gasteiger partial charge in [0.1, 0.15) is 10.9 Å². The van der Waals surface area contributed by atoms with Crippen molar-refractivity contribution in [2.45, 2.75) is 39.2 Å². The Balaban J connectivity index is 1.66. The van der Waals surface area contributed by atoms with E-state index in [-0.39, 0.29) is 12.3 Å². The molecule has 0 atom stereocenters. The molecule has 1 aliphatic rings. The number of aliphatic carboxylic acids is 1. The van der Waals surface area contributed by atoms with Crippen molar-refractivity contribution in [3.05, 3.63) is 63.0 Å². The Morgan fingerprint density at radius 2 is 1.97 bits per heavy atom. The Bertz CT molecular complexity index is 1090. The van der Waals surface area contributed by atoms with Gasteiger partial charge in [-0.15, -0.1) is 0 Å². The summed E-state index contributed by atoms with van der Waals surface area (Å²) in [7, 11) is 0. The van der Waals surface area contributed by atoms with Gasteiger partial charge in [0.15, 0.2) is 11.5 Å². The normalized spacial score (nSPS) is 14.6. The molecule has 2 aromatic carbocycles. The lowest BCUT2D eigenvalue weighted by molar-refractivity contribution is -0.137. The number of nitrogens with zero attached hydrogens (tertiary/aromatic N) is 1. The van der Waals surface area contributed by atoms with Gasteiger partial charge in [0.2, 0.25) is 0 Å². The summed E-state index contributed by atoms with van der Waals surface area (Å²) < 4.78 is 13.3. The molecule has 0 radical (unpaired) electrons. The first-order chi connectivity index (χ1) is 16.4. The summed E-state index contributed by atoms with van der Waals surface area (Å²) in [5.41, 5.74) is 1.85. The molecule has 0 aromatic heterocycles. The molecule has 1 aliphatic heterocycles. The highest BCUT2D eigenvalue weighted by Gasteiger charge is 2.31. The van der Waals surface area contributed by atoms with E-state index >= 15 is 0 Å². The largest absolute Gasteiger partial charge is 0.490 e. The van der Waals surface area contributed by atoms with Gasteiger partial charge in [-0.2, -0.15) is 0 Å². The Morgan fingerprint density at radius 3 is 2.71 bits per heavy atom. The Kier molecular flexibility index (Phi) is 9.98. The first kappa shape index (κ1) is 26.2. The van der Waals surface area contributed by atoms with Crippen LogP contribution in [0, 0.1) is 0 Å². The molecule has 0 bridgehead atoms. The topological polar surface area (TPSA) is 76.1 Å². The molecule has 9 heteroatoms. The number of carboxylic acid groups (broad SMARTS) is 1. The molecule has 1 heterocycles. The summed E-state index contributed by atoms with van der Waals surface area (Å²) in [5.74, 6) is 0.318. The van der Waals surface area contributed by atoms with Crippen LogP contribution < -0.4 is 9.47 Å². The molecule has 1 amide bonds. The number of thiocarbonyl (C=S) groups is 1. The second-order valence-corrected chi connectivity index (χ2v) is 10.2. The maximum atomic E-state index is 12.9. The van der Waals surface area contributed by atoms with E-state index in [1.54, 1.807) is 4.90 Å². The number of hydrogen-bond donors (Lipinski definition) is 1. The van der Waals surface area contributed by atoms with Gasteiger partial charge in [0.25, 0.3) is 5.91 Å². The monoisotopic (exact) mass is 563 g/mol. The Labute approximate surface area is 217 Å². The highest BCUT2D eigenvalue weighted by atomic mass is 79.9. The molecule has 180 valence electrons. The zero-order valence-corrected chi connectivity index (χ0v) is 22.0. The van der Waals surface area contributed by atoms with E-state index in [2.05, 4.69) is 15.9 Å². The van der Waals surface area contributed by atoms with Gasteiger partial charge in [-0.1, -0.05) is 64.5 Å². The van der Waals surface area contributed by atoms with Crippen molar-refractivity contribution < 1.29 is 24.2 Å². The van der Waals surface area contributed by atoms with E-state index in [0.29, 0.717) is 53.3 Å². The third-order valence-electron chi connectivity index (χ3n) is 4.99. The number of halogens is 1. The van der Waals surface area contributed by atoms with E-state index < -0.39 is 5.97 Å². The quantitative estimate of drug-likeness (QED) is 0.185. The first-order valence-corrected chi connectivity index (χ1v) is 13.0. The minimum absolute atomic E-state index is 0.124. The third-order valence-corrected chi connectivity index (χ3v) is 6.87. The fraction of sp³-hybridized carbons (Fsp3) is 0.320. The molecule has 0 saturated carbocycles. The molecule has 6 nitrogen and oxygen atoms in total. The summed E-state index contributed by atoms with van der Waals surface area (Å²) in [4.78, 5) is 25.6. The zero-order chi connectivity index (χ0) is 24.5. The molecule has 1 fully saturated rings. The molecule has 0 spiro atoms. The van der Waals surface area contributed by atoms with Crippen LogP contribution in [0.15, 0.2) is 51.8 Å². The Morgan fingerprint density at radius 1 is 1.15 bits per heavy atom. The van der Waals surface area contributed by atoms with Crippen molar-refractivity contribution in [2.75, 3.05) is 13.2 Å². The SMILES string of the molecule is CCOc1cc(/C=C2/SC(=S)N(CCCCCC(=O)O)C2=O)ccc1OCc1cccc(Br)c1. The zero-order valence-electron chi connectivity index (χ0n) is 18.8. The second-order valence-electron chi connectivity index (χ2n) is 7.60. The number of unbranched alkanes of at least 4 members (excludes halogenated alkanes) is 2. The molecular formula is C25H26BrNO5S2. The number of thioether (sulfide) groups is 1. The van der Waals surface area contributed by atoms with Crippen LogP contribution in [0.25, 0.3) is 6.08 Å². The number of carboxylic acids is 1. The molecule has 34 heavy (non-hydrogen) atoms. The van der Waals surface area contributed by atoms with Gasteiger partial charge in [-0.25, -0.2) is 0 Å². The number of amides is 1. The lowest BCUT2D eigenvalue weighted by Gasteiger charge is -2.14. The summed E-state index contributed by atoms with van der Waals surface area (Å²) >= 11 is 10.1. The van der Waals surface area contributed by atoms with E-state index in [4.69, 9.17) is 26.8 Å². The van der Waals surface area contributed by atoms with E-state index in [1.807, 2.05) is 55.5 Å². The second kappa shape index (κ2) is 12.9. The van der Waals surface area contributed by atoms with Crippen LogP contribution in [-0.4, -0.2) is 39.4 Å². The minimum Gasteiger partial charge on any atom is -0.490 e. The van der Waals surface area contributed by atoms with Gasteiger partial charge in [0, 0.05) is 17.4 Å². The number of rotatable bonds is 12. The van der Waals surface area contributed by atoms with Crippen molar-refractivity contribution in [3.63, 3.8) is 0 Å². The van der Waals surface area contributed by atoms with Crippen LogP contribution in [-0.2, 0) is 16.2 Å². The number of hydrogen-bond acceptors (Lipinski definition) is 6. The average molecular weight is 565 g/mol. The standard InChI is InChI=1S/C25H26BrNO5S2/c1-2-31-21-14-17(10-11-20(21)32-16-18-7-6-8-19(26)13-18)15-22-24(30)27(25(33)34-22)12-5-3-4-9-23(28)29/h6-8,10-11,13-15H,2-5,9,12,16H2,1H3,(H,28,29)/b22-15+. The van der Waals surface area contributed by atoms with Gasteiger partial charge in [-0.05, 0) is 61.2 Å². The predicted molar refractivity (Wildman–Crippen MR) is 142 cm³/mol. The van der Waals surface area contributed by atoms with Crippen molar-refractivity contribution in [3.8, 4) is 11.5 Å². The fourth-order valence-corrected chi connectivity index (χ4v) is 5.11. The number of ether oxygens (including phenoxy) is 2. The highest BCUT2D eigenvalue weighted by molar-refractivity contribution is 9.10. The van der Waals surface area contributed by atoms with Gasteiger partial charge >= 0.3 is 5.97 Å². The minimum atomic E-state index is -0.801. The third kappa shape index (κ3) is 7.58. The van der Waals surface area contributed by atoms with Crippen LogP contribution in [0.4, 0.5) is 0 Å². The van der Waals surface area contributed by atoms with E-state index in [1.165, 1.54) is 11.8 Å². The van der Waals surface area contributed by atoms with Crippen LogP contribution in [0.3, 0.4) is 0 Å². The van der Waals surface area contributed by atoms with E-state index in [9.17, 15) is 9.59 Å². The first-order valence-electron chi connectivity index (χ1n) is 11.0. The molecule has 0 aliphatic carbocycles. The summed E-state index contributed by atoms with van der Waals surface area (Å²) in [6.07, 6.45) is 4.00. The van der Waals surface area contributed by atoms with Gasteiger partial charge in [0.05, 0.1) is 11.5 Å². The lowest BCUT2D eigenvalue weighted by atomic mass is 10.1. The number of carbonyl (C=O) groups is 2. The number of benzene rings is 2. The molecule has 1 saturated heterocycles. The van der Waals surface area contributed by atoms with Crippen LogP contribution in [0.2, 0.25) is 0 Å².